The van der Waals surface area contributed by atoms with Gasteiger partial charge in [-0.15, -0.1) is 0 Å². The molecule has 152 valence electrons. The van der Waals surface area contributed by atoms with Gasteiger partial charge in [0.1, 0.15) is 0 Å². The van der Waals surface area contributed by atoms with E-state index in [1.54, 1.807) is 6.92 Å². The summed E-state index contributed by atoms with van der Waals surface area (Å²) in [6.45, 7) is 8.49. The first kappa shape index (κ1) is 20.8. The summed E-state index contributed by atoms with van der Waals surface area (Å²) in [6.07, 6.45) is 0.313. The van der Waals surface area contributed by atoms with E-state index in [4.69, 9.17) is 0 Å². The molecule has 3 aromatic rings. The minimum atomic E-state index is -0.0775. The van der Waals surface area contributed by atoms with Gasteiger partial charge in [0.05, 0.1) is 12.5 Å². The van der Waals surface area contributed by atoms with Gasteiger partial charge in [0.25, 0.3) is 5.56 Å². The van der Waals surface area contributed by atoms with Crippen LogP contribution in [0.15, 0.2) is 59.4 Å². The number of aryl methyl sites for hydroxylation is 1. The molecule has 0 spiro atoms. The number of carbonyl (C=O) groups is 1. The highest BCUT2D eigenvalue weighted by atomic mass is 16.1. The normalized spacial score (nSPS) is 12.3. The number of pyridine rings is 1. The topological polar surface area (TPSA) is 65.2 Å². The van der Waals surface area contributed by atoms with Crippen molar-refractivity contribution in [3.63, 3.8) is 0 Å². The summed E-state index contributed by atoms with van der Waals surface area (Å²) in [6, 6.07) is 18.1. The summed E-state index contributed by atoms with van der Waals surface area (Å²) in [5.74, 6) is -0.00131. The summed E-state index contributed by atoms with van der Waals surface area (Å²) in [5.41, 5.74) is 3.52. The standard InChI is InChI=1S/C24H29N3O2/c1-4-27(5-2)22(19-9-7-6-8-10-19)16-25-23(28)15-18-11-12-21-20(14-18)13-17(3)24(29)26-21/h6-14,22H,4-5,15-16H2,1-3H3,(H,25,28)(H,26,29). The minimum Gasteiger partial charge on any atom is -0.354 e. The van der Waals surface area contributed by atoms with E-state index < -0.39 is 0 Å². The van der Waals surface area contributed by atoms with Crippen molar-refractivity contribution in [2.75, 3.05) is 19.6 Å². The lowest BCUT2D eigenvalue weighted by atomic mass is 10.0. The lowest BCUT2D eigenvalue weighted by molar-refractivity contribution is -0.120. The summed E-state index contributed by atoms with van der Waals surface area (Å²) < 4.78 is 0. The number of likely N-dealkylation sites (N-methyl/N-ethyl adjacent to an activating group) is 1. The third kappa shape index (κ3) is 5.12. The van der Waals surface area contributed by atoms with Gasteiger partial charge < -0.3 is 10.3 Å². The molecule has 0 aliphatic heterocycles. The Balaban J connectivity index is 1.69. The molecule has 1 unspecified atom stereocenters. The molecule has 3 rings (SSSR count). The van der Waals surface area contributed by atoms with Crippen LogP contribution in [0.25, 0.3) is 10.9 Å². The third-order valence-electron chi connectivity index (χ3n) is 5.39. The van der Waals surface area contributed by atoms with Gasteiger partial charge in [0.2, 0.25) is 5.91 Å². The number of aromatic nitrogens is 1. The first-order valence-electron chi connectivity index (χ1n) is 10.2. The van der Waals surface area contributed by atoms with E-state index in [-0.39, 0.29) is 17.5 Å². The number of aromatic amines is 1. The molecule has 1 amide bonds. The number of hydrogen-bond acceptors (Lipinski definition) is 3. The van der Waals surface area contributed by atoms with Crippen LogP contribution in [0.1, 0.15) is 36.6 Å². The van der Waals surface area contributed by atoms with Gasteiger partial charge in [0.15, 0.2) is 0 Å². The van der Waals surface area contributed by atoms with Crippen molar-refractivity contribution in [1.82, 2.24) is 15.2 Å². The van der Waals surface area contributed by atoms with Crippen molar-refractivity contribution < 1.29 is 4.79 Å². The quantitative estimate of drug-likeness (QED) is 0.617. The van der Waals surface area contributed by atoms with Crippen molar-refractivity contribution in [1.29, 1.82) is 0 Å². The lowest BCUT2D eigenvalue weighted by Gasteiger charge is -2.30. The molecule has 5 heteroatoms. The molecule has 0 fully saturated rings. The molecule has 2 N–H and O–H groups in total. The molecule has 1 atom stereocenters. The zero-order valence-electron chi connectivity index (χ0n) is 17.4. The molecular formula is C24H29N3O2. The third-order valence-corrected chi connectivity index (χ3v) is 5.39. The number of fused-ring (bicyclic) bond motifs is 1. The fourth-order valence-electron chi connectivity index (χ4n) is 3.73. The van der Waals surface area contributed by atoms with Gasteiger partial charge in [-0.05, 0) is 54.7 Å². The van der Waals surface area contributed by atoms with E-state index in [1.165, 1.54) is 5.56 Å². The second-order valence-corrected chi connectivity index (χ2v) is 7.33. The number of H-pyrrole nitrogens is 1. The average molecular weight is 392 g/mol. The van der Waals surface area contributed by atoms with Gasteiger partial charge in [-0.2, -0.15) is 0 Å². The van der Waals surface area contributed by atoms with Crippen LogP contribution in [0.5, 0.6) is 0 Å². The monoisotopic (exact) mass is 391 g/mol. The highest BCUT2D eigenvalue weighted by molar-refractivity contribution is 5.83. The van der Waals surface area contributed by atoms with E-state index in [0.29, 0.717) is 18.5 Å². The van der Waals surface area contributed by atoms with Gasteiger partial charge in [0, 0.05) is 17.6 Å². The Bertz CT molecular complexity index is 1020. The van der Waals surface area contributed by atoms with Gasteiger partial charge in [-0.3, -0.25) is 14.5 Å². The number of amides is 1. The number of nitrogens with one attached hydrogen (secondary N) is 2. The Morgan fingerprint density at radius 1 is 1.07 bits per heavy atom. The van der Waals surface area contributed by atoms with Crippen LogP contribution in [-0.2, 0) is 11.2 Å². The zero-order valence-corrected chi connectivity index (χ0v) is 17.4. The maximum atomic E-state index is 12.6. The summed E-state index contributed by atoms with van der Waals surface area (Å²) in [4.78, 5) is 29.6. The molecule has 0 aliphatic rings. The predicted octanol–water partition coefficient (Wildman–Crippen LogP) is 3.58. The molecule has 1 heterocycles. The zero-order chi connectivity index (χ0) is 20.8. The molecule has 5 nitrogen and oxygen atoms in total. The van der Waals surface area contributed by atoms with Crippen LogP contribution in [0, 0.1) is 6.92 Å². The number of rotatable bonds is 8. The maximum Gasteiger partial charge on any atom is 0.251 e. The average Bonchev–Trinajstić information content (AvgIpc) is 2.73. The Labute approximate surface area is 171 Å². The number of benzene rings is 2. The van der Waals surface area contributed by atoms with Crippen LogP contribution in [-0.4, -0.2) is 35.4 Å². The number of nitrogens with zero attached hydrogens (tertiary/aromatic N) is 1. The fourth-order valence-corrected chi connectivity index (χ4v) is 3.73. The second-order valence-electron chi connectivity index (χ2n) is 7.33. The van der Waals surface area contributed by atoms with E-state index >= 15 is 0 Å². The minimum absolute atomic E-state index is 0.00131. The van der Waals surface area contributed by atoms with Crippen molar-refractivity contribution in [2.24, 2.45) is 0 Å². The van der Waals surface area contributed by atoms with E-state index in [0.717, 1.165) is 29.6 Å². The second kappa shape index (κ2) is 9.52. The SMILES string of the molecule is CCN(CC)C(CNC(=O)Cc1ccc2[nH]c(=O)c(C)cc2c1)c1ccccc1. The first-order valence-corrected chi connectivity index (χ1v) is 10.2. The Morgan fingerprint density at radius 3 is 2.48 bits per heavy atom. The molecular weight excluding hydrogens is 362 g/mol. The van der Waals surface area contributed by atoms with E-state index in [1.807, 2.05) is 42.5 Å². The van der Waals surface area contributed by atoms with Gasteiger partial charge in [-0.25, -0.2) is 0 Å². The van der Waals surface area contributed by atoms with Crippen LogP contribution in [0.2, 0.25) is 0 Å². The van der Waals surface area contributed by atoms with E-state index in [2.05, 4.69) is 41.2 Å². The fraction of sp³-hybridized carbons (Fsp3) is 0.333. The van der Waals surface area contributed by atoms with Crippen LogP contribution in [0.3, 0.4) is 0 Å². The highest BCUT2D eigenvalue weighted by Gasteiger charge is 2.18. The molecule has 0 radical (unpaired) electrons. The Hall–Kier alpha value is -2.92. The van der Waals surface area contributed by atoms with Crippen molar-refractivity contribution in [3.05, 3.63) is 81.6 Å². The Morgan fingerprint density at radius 2 is 1.79 bits per heavy atom. The van der Waals surface area contributed by atoms with Crippen molar-refractivity contribution >= 4 is 16.8 Å². The molecule has 0 bridgehead atoms. The summed E-state index contributed by atoms with van der Waals surface area (Å²) in [5, 5.41) is 4.05. The van der Waals surface area contributed by atoms with Crippen molar-refractivity contribution in [3.8, 4) is 0 Å². The molecule has 2 aromatic carbocycles. The smallest absolute Gasteiger partial charge is 0.251 e. The van der Waals surface area contributed by atoms with Crippen molar-refractivity contribution in [2.45, 2.75) is 33.2 Å². The summed E-state index contributed by atoms with van der Waals surface area (Å²) in [7, 11) is 0. The number of hydrogen-bond donors (Lipinski definition) is 2. The Kier molecular flexibility index (Phi) is 6.83. The molecule has 29 heavy (non-hydrogen) atoms. The molecule has 0 saturated heterocycles. The van der Waals surface area contributed by atoms with Crippen LogP contribution < -0.4 is 10.9 Å². The maximum absolute atomic E-state index is 12.6. The molecule has 0 aliphatic carbocycles. The van der Waals surface area contributed by atoms with Crippen LogP contribution >= 0.6 is 0 Å². The predicted molar refractivity (Wildman–Crippen MR) is 118 cm³/mol. The molecule has 1 aromatic heterocycles. The largest absolute Gasteiger partial charge is 0.354 e. The number of carbonyl (C=O) groups excluding carboxylic acids is 1. The van der Waals surface area contributed by atoms with E-state index in [9.17, 15) is 9.59 Å². The highest BCUT2D eigenvalue weighted by Crippen LogP contribution is 2.20. The van der Waals surface area contributed by atoms with Gasteiger partial charge >= 0.3 is 0 Å². The first-order chi connectivity index (χ1) is 14.0. The molecule has 0 saturated carbocycles. The van der Waals surface area contributed by atoms with Crippen LogP contribution in [0.4, 0.5) is 0 Å². The van der Waals surface area contributed by atoms with Gasteiger partial charge in [-0.1, -0.05) is 50.2 Å². The summed E-state index contributed by atoms with van der Waals surface area (Å²) >= 11 is 0. The lowest BCUT2D eigenvalue weighted by Crippen LogP contribution is -2.38.